The van der Waals surface area contributed by atoms with Gasteiger partial charge < -0.3 is 42.8 Å². The Labute approximate surface area is 329 Å². The van der Waals surface area contributed by atoms with Crippen LogP contribution in [0.4, 0.5) is 0 Å². The van der Waals surface area contributed by atoms with Crippen molar-refractivity contribution in [1.82, 2.24) is 4.90 Å². The molecule has 3 aliphatic heterocycles. The molecule has 310 valence electrons. The van der Waals surface area contributed by atoms with Crippen LogP contribution in [0.15, 0.2) is 23.3 Å². The van der Waals surface area contributed by atoms with Crippen molar-refractivity contribution < 1.29 is 47.5 Å². The van der Waals surface area contributed by atoms with Crippen molar-refractivity contribution in [2.45, 2.75) is 160 Å². The second-order valence-corrected chi connectivity index (χ2v) is 18.4. The summed E-state index contributed by atoms with van der Waals surface area (Å²) in [6.45, 7) is 10.6. The van der Waals surface area contributed by atoms with Crippen molar-refractivity contribution in [1.29, 1.82) is 0 Å². The molecule has 4 aliphatic carbocycles. The number of hydrogen-bond acceptors (Lipinski definition) is 11. The predicted octanol–water partition coefficient (Wildman–Crippen LogP) is 6.12. The first kappa shape index (κ1) is 41.5. The summed E-state index contributed by atoms with van der Waals surface area (Å²) in [4.78, 5) is 30.9. The van der Waals surface area contributed by atoms with Gasteiger partial charge in [0.15, 0.2) is 18.4 Å². The molecule has 2 saturated carbocycles. The van der Waals surface area contributed by atoms with Crippen LogP contribution in [0.3, 0.4) is 0 Å². The molecule has 55 heavy (non-hydrogen) atoms. The molecule has 0 spiro atoms. The molecule has 0 aromatic heterocycles. The number of carbonyl (C=O) groups excluding carboxylic acids is 2. The van der Waals surface area contributed by atoms with Gasteiger partial charge in [0.05, 0.1) is 30.8 Å². The number of nitrogens with zero attached hydrogens (tertiary/aromatic N) is 1. The first-order chi connectivity index (χ1) is 26.3. The van der Waals surface area contributed by atoms with E-state index in [9.17, 15) is 9.59 Å². The van der Waals surface area contributed by atoms with E-state index >= 15 is 0 Å². The summed E-state index contributed by atoms with van der Waals surface area (Å²) >= 11 is 0. The van der Waals surface area contributed by atoms with E-state index in [0.29, 0.717) is 23.8 Å². The Bertz CT molecular complexity index is 1430. The molecule has 0 aromatic carbocycles. The minimum Gasteiger partial charge on any atom is -0.462 e. The van der Waals surface area contributed by atoms with Gasteiger partial charge in [-0.05, 0) is 127 Å². The molecule has 0 unspecified atom stereocenters. The van der Waals surface area contributed by atoms with Crippen LogP contribution >= 0.6 is 0 Å². The van der Waals surface area contributed by atoms with Crippen LogP contribution in [-0.2, 0) is 47.5 Å². The molecule has 11 heteroatoms. The largest absolute Gasteiger partial charge is 0.462 e. The molecule has 0 bridgehead atoms. The molecule has 5 fully saturated rings. The maximum Gasteiger partial charge on any atom is 0.306 e. The number of Topliss-reactive ketones (excluding diaryl/α,β-unsaturated/α-hetero) is 1. The highest BCUT2D eigenvalue weighted by Gasteiger charge is 2.54. The van der Waals surface area contributed by atoms with Crippen LogP contribution in [0.5, 0.6) is 0 Å². The number of carbonyl (C=O) groups is 2. The lowest BCUT2D eigenvalue weighted by Crippen LogP contribution is -2.59. The van der Waals surface area contributed by atoms with Gasteiger partial charge in [0.1, 0.15) is 24.4 Å². The van der Waals surface area contributed by atoms with Crippen LogP contribution in [0, 0.1) is 47.3 Å². The summed E-state index contributed by atoms with van der Waals surface area (Å²) in [6.07, 6.45) is 9.12. The van der Waals surface area contributed by atoms with E-state index in [0.717, 1.165) is 56.9 Å². The van der Waals surface area contributed by atoms with E-state index in [1.807, 2.05) is 13.8 Å². The van der Waals surface area contributed by atoms with E-state index in [2.05, 4.69) is 51.9 Å². The van der Waals surface area contributed by atoms with E-state index in [-0.39, 0.29) is 96.8 Å². The van der Waals surface area contributed by atoms with E-state index < -0.39 is 12.4 Å². The van der Waals surface area contributed by atoms with E-state index in [1.165, 1.54) is 5.57 Å². The molecule has 7 rings (SSSR count). The van der Waals surface area contributed by atoms with Crippen LogP contribution in [-0.4, -0.2) is 120 Å². The number of methoxy groups -OCH3 is 3. The Morgan fingerprint density at radius 1 is 0.745 bits per heavy atom. The summed E-state index contributed by atoms with van der Waals surface area (Å²) in [5.74, 6) is 1.04. The van der Waals surface area contributed by atoms with Gasteiger partial charge in [-0.25, -0.2) is 0 Å². The summed E-state index contributed by atoms with van der Waals surface area (Å²) in [6, 6.07) is 0.338. The maximum atomic E-state index is 14.8. The fourth-order valence-corrected chi connectivity index (χ4v) is 11.6. The third-order valence-corrected chi connectivity index (χ3v) is 14.8. The highest BCUT2D eigenvalue weighted by atomic mass is 16.7. The van der Waals surface area contributed by atoms with E-state index in [4.69, 9.17) is 37.9 Å². The zero-order valence-electron chi connectivity index (χ0n) is 35.0. The van der Waals surface area contributed by atoms with E-state index in [1.54, 1.807) is 21.3 Å². The minimum absolute atomic E-state index is 0.0375. The van der Waals surface area contributed by atoms with Crippen molar-refractivity contribution in [3.63, 3.8) is 0 Å². The predicted molar refractivity (Wildman–Crippen MR) is 206 cm³/mol. The lowest BCUT2D eigenvalue weighted by atomic mass is 9.67. The second kappa shape index (κ2) is 17.3. The number of cyclic esters (lactones) is 1. The monoisotopic (exact) mass is 771 g/mol. The average molecular weight is 772 g/mol. The van der Waals surface area contributed by atoms with Gasteiger partial charge in [-0.1, -0.05) is 31.6 Å². The van der Waals surface area contributed by atoms with Gasteiger partial charge in [-0.3, -0.25) is 9.59 Å². The molecule has 3 heterocycles. The van der Waals surface area contributed by atoms with Gasteiger partial charge in [0.25, 0.3) is 0 Å². The summed E-state index contributed by atoms with van der Waals surface area (Å²) in [5, 5.41) is 0. The van der Waals surface area contributed by atoms with Gasteiger partial charge in [0, 0.05) is 39.2 Å². The number of likely N-dealkylation sites (N-methyl/N-ethyl adjacent to an activating group) is 1. The molecule has 0 N–H and O–H groups in total. The molecular formula is C44H69NO10. The standard InChI is InChI=1S/C44H69NO10/c1-22-17-30-32(31-19-27(18-28(22)31)53-44-43(50-10)42(49-9)41(48-8)26(5)52-44)20-34-33(30)21-38(46)54-37(29-16-23(29)2)13-11-12-36(24(3)40(34)47)55-39-15-14-35(45(6)7)25(4)51-39/h17,20,23-33,35-37,39,41-44H,11-16,18-19,21H2,1-10H3/t23-,24-,25-,26+,27-,28+,29+,30-,31-,32-,33+,35+,36+,37-,39+,41+,42-,43-,44+/m1/s1. The topological polar surface area (TPSA) is 111 Å². The zero-order chi connectivity index (χ0) is 39.3. The van der Waals surface area contributed by atoms with Crippen LogP contribution in [0.25, 0.3) is 0 Å². The van der Waals surface area contributed by atoms with Crippen LogP contribution < -0.4 is 0 Å². The minimum atomic E-state index is -0.598. The Morgan fingerprint density at radius 2 is 1.47 bits per heavy atom. The molecule has 11 nitrogen and oxygen atoms in total. The highest BCUT2D eigenvalue weighted by molar-refractivity contribution is 5.99. The Hall–Kier alpha value is -1.70. The number of ketones is 1. The number of fused-ring (bicyclic) bond motifs is 5. The number of ether oxygens (including phenoxy) is 8. The number of allylic oxidation sites excluding steroid dienone is 4. The third kappa shape index (κ3) is 8.43. The molecule has 19 atom stereocenters. The highest BCUT2D eigenvalue weighted by Crippen LogP contribution is 2.56. The number of hydrogen-bond donors (Lipinski definition) is 0. The molecule has 0 amide bonds. The van der Waals surface area contributed by atoms with Gasteiger partial charge in [-0.2, -0.15) is 0 Å². The average Bonchev–Trinajstić information content (AvgIpc) is 3.55. The molecule has 0 aromatic rings. The molecular weight excluding hydrogens is 702 g/mol. The van der Waals surface area contributed by atoms with Crippen molar-refractivity contribution >= 4 is 11.8 Å². The normalized spacial score (nSPS) is 47.8. The second-order valence-electron chi connectivity index (χ2n) is 18.4. The van der Waals surface area contributed by atoms with Crippen molar-refractivity contribution in [2.75, 3.05) is 35.4 Å². The quantitative estimate of drug-likeness (QED) is 0.200. The number of esters is 1. The summed E-state index contributed by atoms with van der Waals surface area (Å²) in [7, 11) is 9.19. The van der Waals surface area contributed by atoms with Crippen molar-refractivity contribution in [3.05, 3.63) is 23.3 Å². The van der Waals surface area contributed by atoms with Gasteiger partial charge >= 0.3 is 5.97 Å². The van der Waals surface area contributed by atoms with Crippen molar-refractivity contribution in [2.24, 2.45) is 47.3 Å². The molecule has 0 radical (unpaired) electrons. The Kier molecular flexibility index (Phi) is 13.0. The molecule has 7 aliphatic rings. The summed E-state index contributed by atoms with van der Waals surface area (Å²) in [5.41, 5.74) is 2.09. The molecule has 3 saturated heterocycles. The summed E-state index contributed by atoms with van der Waals surface area (Å²) < 4.78 is 50.2. The fourth-order valence-electron chi connectivity index (χ4n) is 11.6. The van der Waals surface area contributed by atoms with Gasteiger partial charge in [0.2, 0.25) is 0 Å². The lowest BCUT2D eigenvalue weighted by Gasteiger charge is -2.44. The maximum absolute atomic E-state index is 14.8. The number of rotatable bonds is 9. The van der Waals surface area contributed by atoms with Crippen molar-refractivity contribution in [3.8, 4) is 0 Å². The van der Waals surface area contributed by atoms with Crippen LogP contribution in [0.2, 0.25) is 0 Å². The Morgan fingerprint density at radius 3 is 2.13 bits per heavy atom. The fraction of sp³-hybridized carbons (Fsp3) is 0.864. The zero-order valence-corrected chi connectivity index (χ0v) is 35.0. The third-order valence-electron chi connectivity index (χ3n) is 14.8. The lowest BCUT2D eigenvalue weighted by molar-refractivity contribution is -0.314. The Balaban J connectivity index is 1.12. The van der Waals surface area contributed by atoms with Gasteiger partial charge in [-0.15, -0.1) is 0 Å². The smallest absolute Gasteiger partial charge is 0.306 e. The first-order valence-corrected chi connectivity index (χ1v) is 21.3. The van der Waals surface area contributed by atoms with Crippen LogP contribution in [0.1, 0.15) is 92.4 Å². The first-order valence-electron chi connectivity index (χ1n) is 21.3. The SMILES string of the molecule is CO[C@@H]1[C@@H](OC)[C@H](C)O[C@@H](O[C@H]2C[C@H]3[C@@H]4C=C5C(=O)[C@H](C)[C@@H](O[C@H]6CC[C@H](N(C)C)[C@@H](C)O6)CCC[C@H]([C@H]6C[C@H]6C)OC(=O)C[C@H]5[C@@H]4C=C(C)[C@@H]3C2)[C@@H]1OC.